The first-order valence-electron chi connectivity index (χ1n) is 16.3. The second-order valence-corrected chi connectivity index (χ2v) is 12.9. The Bertz CT molecular complexity index is 1030. The molecule has 0 aromatic carbocycles. The van der Waals surface area contributed by atoms with Gasteiger partial charge < -0.3 is 19.9 Å². The van der Waals surface area contributed by atoms with E-state index in [0.29, 0.717) is 44.1 Å². The Labute approximate surface area is 252 Å². The summed E-state index contributed by atoms with van der Waals surface area (Å²) < 4.78 is 11.2. The average Bonchev–Trinajstić information content (AvgIpc) is 3.42. The first kappa shape index (κ1) is 32.7. The lowest BCUT2D eigenvalue weighted by Crippen LogP contribution is -2.47. The van der Waals surface area contributed by atoms with Crippen LogP contribution in [0.5, 0.6) is 0 Å². The molecule has 232 valence electrons. The summed E-state index contributed by atoms with van der Waals surface area (Å²) in [5.74, 6) is 7.67. The van der Waals surface area contributed by atoms with Crippen molar-refractivity contribution in [2.75, 3.05) is 20.2 Å². The maximum atomic E-state index is 13.5. The van der Waals surface area contributed by atoms with Gasteiger partial charge in [-0.05, 0) is 75.7 Å². The first-order valence-corrected chi connectivity index (χ1v) is 16.3. The molecule has 8 atom stereocenters. The fraction of sp³-hybridized carbons (Fsp3) is 0.765. The molecule has 3 aliphatic heterocycles. The molecule has 0 spiro atoms. The van der Waals surface area contributed by atoms with Crippen molar-refractivity contribution in [2.45, 2.75) is 122 Å². The molecule has 0 radical (unpaired) electrons. The van der Waals surface area contributed by atoms with Crippen molar-refractivity contribution in [1.29, 1.82) is 0 Å². The molecular weight excluding hydrogens is 530 g/mol. The van der Waals surface area contributed by atoms with E-state index in [2.05, 4.69) is 34.4 Å². The summed E-state index contributed by atoms with van der Waals surface area (Å²) >= 11 is 0. The molecule has 2 bridgehead atoms. The minimum atomic E-state index is -0.477. The quantitative estimate of drug-likeness (QED) is 0.254. The van der Waals surface area contributed by atoms with E-state index >= 15 is 0 Å². The second kappa shape index (κ2) is 16.6. The molecule has 3 N–H and O–H groups in total. The van der Waals surface area contributed by atoms with Gasteiger partial charge in [-0.15, -0.1) is 4.99 Å². The highest BCUT2D eigenvalue weighted by atomic mass is 16.5. The van der Waals surface area contributed by atoms with Crippen molar-refractivity contribution in [3.8, 4) is 11.8 Å². The number of ketones is 1. The van der Waals surface area contributed by atoms with Crippen LogP contribution in [0.1, 0.15) is 97.3 Å². The Hall–Kier alpha value is -2.18. The number of hydrogen-bond donors (Lipinski definition) is 3. The summed E-state index contributed by atoms with van der Waals surface area (Å²) in [6, 6.07) is 0. The van der Waals surface area contributed by atoms with Crippen LogP contribution in [0.15, 0.2) is 16.1 Å². The molecule has 8 unspecified atom stereocenters. The summed E-state index contributed by atoms with van der Waals surface area (Å²) in [4.78, 5) is 29.9. The molecule has 4 rings (SSSR count). The van der Waals surface area contributed by atoms with E-state index in [-0.39, 0.29) is 42.3 Å². The summed E-state index contributed by atoms with van der Waals surface area (Å²) in [5, 5.41) is 17.6. The number of methoxy groups -OCH3 is 1. The number of nitrogens with zero attached hydrogens (tertiary/aromatic N) is 1. The van der Waals surface area contributed by atoms with Crippen molar-refractivity contribution < 1.29 is 24.2 Å². The van der Waals surface area contributed by atoms with Crippen molar-refractivity contribution in [2.24, 2.45) is 28.7 Å². The van der Waals surface area contributed by atoms with Crippen molar-refractivity contribution >= 4 is 18.0 Å². The Morgan fingerprint density at radius 2 is 1.98 bits per heavy atom. The van der Waals surface area contributed by atoms with Crippen LogP contribution in [0.25, 0.3) is 0 Å². The molecule has 1 aliphatic carbocycles. The van der Waals surface area contributed by atoms with Crippen LogP contribution in [0.4, 0.5) is 0 Å². The van der Waals surface area contributed by atoms with E-state index in [1.807, 2.05) is 12.8 Å². The molecular formula is C34H52N3O5+. The Balaban J connectivity index is 1.52. The molecule has 8 heteroatoms. The third kappa shape index (κ3) is 9.94. The molecule has 0 aromatic rings. The Morgan fingerprint density at radius 1 is 1.12 bits per heavy atom. The van der Waals surface area contributed by atoms with Gasteiger partial charge in [-0.25, -0.2) is 0 Å². The first-order chi connectivity index (χ1) is 20.3. The largest absolute Gasteiger partial charge is 0.462 e. The number of ether oxygens (including phenoxy) is 2. The van der Waals surface area contributed by atoms with Gasteiger partial charge in [0.25, 0.3) is 0 Å². The molecule has 4 aliphatic rings. The number of Topliss-reactive ketones (excluding diaryl/α,β-unsaturated/α-hetero) is 1. The van der Waals surface area contributed by atoms with Gasteiger partial charge >= 0.3 is 5.97 Å². The number of hydrogen-bond acceptors (Lipinski definition) is 8. The maximum Gasteiger partial charge on any atom is 0.302 e. The lowest BCUT2D eigenvalue weighted by Gasteiger charge is -2.35. The molecule has 42 heavy (non-hydrogen) atoms. The normalized spacial score (nSPS) is 35.4. The Kier molecular flexibility index (Phi) is 12.9. The van der Waals surface area contributed by atoms with Crippen LogP contribution in [0.3, 0.4) is 0 Å². The number of fused-ring (bicyclic) bond motifs is 2. The Morgan fingerprint density at radius 3 is 2.76 bits per heavy atom. The van der Waals surface area contributed by atoms with E-state index in [1.54, 1.807) is 7.11 Å². The van der Waals surface area contributed by atoms with Crippen LogP contribution in [0, 0.1) is 42.1 Å². The zero-order valence-corrected chi connectivity index (χ0v) is 25.9. The van der Waals surface area contributed by atoms with Gasteiger partial charge in [-0.1, -0.05) is 25.2 Å². The lowest BCUT2D eigenvalue weighted by molar-refractivity contribution is -0.148. The van der Waals surface area contributed by atoms with Crippen molar-refractivity contribution in [3.05, 3.63) is 17.7 Å². The molecule has 2 fully saturated rings. The minimum absolute atomic E-state index is 0.0790. The molecule has 0 aromatic heterocycles. The maximum absolute atomic E-state index is 13.5. The molecule has 3 heterocycles. The second-order valence-electron chi connectivity index (χ2n) is 12.9. The summed E-state index contributed by atoms with van der Waals surface area (Å²) in [5.41, 5.74) is 2.70. The molecule has 1 saturated heterocycles. The number of aliphatic hydroxyl groups excluding tert-OH is 1. The monoisotopic (exact) mass is 582 g/mol. The number of nitrogens with one attached hydrogen (secondary N) is 2. The van der Waals surface area contributed by atoms with Gasteiger partial charge in [0.2, 0.25) is 0 Å². The minimum Gasteiger partial charge on any atom is -0.462 e. The van der Waals surface area contributed by atoms with Gasteiger partial charge in [0.1, 0.15) is 24.0 Å². The van der Waals surface area contributed by atoms with E-state index < -0.39 is 12.2 Å². The standard InChI is InChI=1S/C34H52N3O5/c1-4-24-8-11-31(42-23(2)38)20-30(39)18-26(27-10-12-32(40)33(19-27)41-3)6-5-14-36-34-17-25(13-15-37-34)7-9-28-21-35-22-29(28)16-24/h21-22,24-27,31-34,36-37,40H,4,7-20H2,1-3H3/q+1. The van der Waals surface area contributed by atoms with Crippen LogP contribution in [-0.2, 0) is 19.1 Å². The number of carbonyl (C=O) groups excluding carboxylic acids is 2. The molecule has 0 amide bonds. The number of rotatable bonds is 4. The number of aliphatic hydroxyl groups is 1. The molecule has 1 saturated carbocycles. The molecule has 8 nitrogen and oxygen atoms in total. The van der Waals surface area contributed by atoms with E-state index in [0.717, 1.165) is 51.5 Å². The SMILES string of the molecule is CCC1CCC(OC(C)=O)CC(=O)CC(C2CCC(O)C(OC)C2)C#CCNC2CC(CCN2)CCC2=C(C=N[CH+]2)C1. The fourth-order valence-corrected chi connectivity index (χ4v) is 7.22. The van der Waals surface area contributed by atoms with Crippen molar-refractivity contribution in [1.82, 2.24) is 10.6 Å². The summed E-state index contributed by atoms with van der Waals surface area (Å²) in [6.07, 6.45) is 11.9. The van der Waals surface area contributed by atoms with Gasteiger partial charge in [-0.3, -0.25) is 14.9 Å². The van der Waals surface area contributed by atoms with E-state index in [9.17, 15) is 14.7 Å². The lowest BCUT2D eigenvalue weighted by atomic mass is 9.75. The third-order valence-electron chi connectivity index (χ3n) is 9.82. The zero-order chi connectivity index (χ0) is 29.9. The highest BCUT2D eigenvalue weighted by molar-refractivity contribution is 5.84. The predicted octanol–water partition coefficient (Wildman–Crippen LogP) is 4.51. The number of carbonyl (C=O) groups is 2. The van der Waals surface area contributed by atoms with Gasteiger partial charge in [0, 0.05) is 45.6 Å². The smallest absolute Gasteiger partial charge is 0.302 e. The van der Waals surface area contributed by atoms with Gasteiger partial charge in [0.15, 0.2) is 6.21 Å². The van der Waals surface area contributed by atoms with E-state index in [4.69, 9.17) is 9.47 Å². The summed E-state index contributed by atoms with van der Waals surface area (Å²) in [6.45, 7) is 7.24. The average molecular weight is 583 g/mol. The summed E-state index contributed by atoms with van der Waals surface area (Å²) in [7, 11) is 1.64. The van der Waals surface area contributed by atoms with Crippen LogP contribution < -0.4 is 10.6 Å². The topological polar surface area (TPSA) is 109 Å². The van der Waals surface area contributed by atoms with E-state index in [1.165, 1.54) is 24.5 Å². The number of esters is 1. The van der Waals surface area contributed by atoms with Crippen LogP contribution in [0.2, 0.25) is 0 Å². The van der Waals surface area contributed by atoms with Crippen LogP contribution >= 0.6 is 0 Å². The van der Waals surface area contributed by atoms with Gasteiger partial charge in [-0.2, -0.15) is 0 Å². The third-order valence-corrected chi connectivity index (χ3v) is 9.82. The van der Waals surface area contributed by atoms with Crippen LogP contribution in [-0.4, -0.2) is 67.8 Å². The predicted molar refractivity (Wildman–Crippen MR) is 164 cm³/mol. The van der Waals surface area contributed by atoms with Crippen molar-refractivity contribution in [3.63, 3.8) is 0 Å². The number of aliphatic imine (C=N–C) groups is 1. The highest BCUT2D eigenvalue weighted by Crippen LogP contribution is 2.35. The number of piperidine rings is 1. The zero-order valence-electron chi connectivity index (χ0n) is 25.9. The van der Waals surface area contributed by atoms with Gasteiger partial charge in [0.05, 0.1) is 30.5 Å². The number of allylic oxidation sites excluding steroid dienone is 1. The highest BCUT2D eigenvalue weighted by Gasteiger charge is 2.34. The fourth-order valence-electron chi connectivity index (χ4n) is 7.22.